The molecule has 1 rings (SSSR count). The van der Waals surface area contributed by atoms with Gasteiger partial charge in [-0.15, -0.1) is 0 Å². The van der Waals surface area contributed by atoms with Crippen LogP contribution in [-0.2, 0) is 9.53 Å². The van der Waals surface area contributed by atoms with Crippen LogP contribution in [0.3, 0.4) is 0 Å². The molecule has 1 heterocycles. The molecule has 0 unspecified atom stereocenters. The topological polar surface area (TPSA) is 119 Å². The molecule has 16 heavy (non-hydrogen) atoms. The Kier molecular flexibility index (Phi) is 4.53. The summed E-state index contributed by atoms with van der Waals surface area (Å²) in [6.07, 6.45) is -4.15. The van der Waals surface area contributed by atoms with Gasteiger partial charge in [0, 0.05) is 0 Å². The summed E-state index contributed by atoms with van der Waals surface area (Å²) in [5, 5.41) is 39.6. The third-order valence-corrected chi connectivity index (χ3v) is 2.55. The smallest absolute Gasteiger partial charge is 0.251 e. The van der Waals surface area contributed by atoms with Crippen LogP contribution in [0.1, 0.15) is 6.42 Å². The lowest BCUT2D eigenvalue weighted by atomic mass is 9.99. The molecule has 5 N–H and O–H groups in total. The lowest BCUT2D eigenvalue weighted by molar-refractivity contribution is -0.314. The summed E-state index contributed by atoms with van der Waals surface area (Å²) in [5.41, 5.74) is 0. The van der Waals surface area contributed by atoms with Crippen molar-refractivity contribution < 1.29 is 30.0 Å². The Morgan fingerprint density at radius 1 is 1.56 bits per heavy atom. The van der Waals surface area contributed by atoms with E-state index in [1.54, 1.807) is 0 Å². The van der Waals surface area contributed by atoms with Crippen molar-refractivity contribution in [3.63, 3.8) is 0 Å². The molecule has 8 heteroatoms. The lowest BCUT2D eigenvalue weighted by Crippen LogP contribution is -2.63. The molecule has 1 fully saturated rings. The van der Waals surface area contributed by atoms with Crippen LogP contribution in [0.5, 0.6) is 0 Å². The maximum Gasteiger partial charge on any atom is 0.251 e. The number of nitrogens with one attached hydrogen (secondary N) is 1. The molecule has 0 aromatic heterocycles. The molecule has 0 aromatic rings. The van der Waals surface area contributed by atoms with Gasteiger partial charge in [0.05, 0.1) is 24.9 Å². The van der Waals surface area contributed by atoms with Crippen molar-refractivity contribution in [2.24, 2.45) is 0 Å². The molecule has 1 aliphatic heterocycles. The predicted molar refractivity (Wildman–Crippen MR) is 55.5 cm³/mol. The largest absolute Gasteiger partial charge is 0.394 e. The van der Waals surface area contributed by atoms with E-state index >= 15 is 0 Å². The Hall–Kier alpha value is -0.380. The molecule has 7 nitrogen and oxygen atoms in total. The second kappa shape index (κ2) is 5.30. The minimum absolute atomic E-state index is 0.159. The van der Waals surface area contributed by atoms with E-state index < -0.39 is 36.7 Å². The Labute approximate surface area is 97.4 Å². The highest BCUT2D eigenvalue weighted by Gasteiger charge is 2.45. The van der Waals surface area contributed by atoms with Crippen molar-refractivity contribution in [2.45, 2.75) is 30.6 Å². The number of carbonyl (C=O) groups is 1. The highest BCUT2D eigenvalue weighted by atomic mass is 32.1. The Balaban J connectivity index is 2.70. The highest BCUT2D eigenvalue weighted by Crippen LogP contribution is 2.25. The molecule has 1 saturated heterocycles. The first kappa shape index (κ1) is 13.7. The van der Waals surface area contributed by atoms with E-state index in [4.69, 9.17) is 9.84 Å². The van der Waals surface area contributed by atoms with Gasteiger partial charge in [-0.2, -0.15) is 12.6 Å². The molecular formula is C8H15NO6S. The molecule has 0 radical (unpaired) electrons. The summed E-state index contributed by atoms with van der Waals surface area (Å²) in [7, 11) is 0. The van der Waals surface area contributed by atoms with Gasteiger partial charge < -0.3 is 30.5 Å². The van der Waals surface area contributed by atoms with E-state index in [1.165, 1.54) is 0 Å². The molecule has 0 aromatic carbocycles. The molecule has 0 bridgehead atoms. The average molecular weight is 253 g/mol. The maximum atomic E-state index is 11.0. The van der Waals surface area contributed by atoms with Crippen LogP contribution in [0.2, 0.25) is 0 Å². The van der Waals surface area contributed by atoms with Crippen LogP contribution >= 0.6 is 12.6 Å². The van der Waals surface area contributed by atoms with Gasteiger partial charge in [-0.25, -0.2) is 0 Å². The summed E-state index contributed by atoms with van der Waals surface area (Å²) in [5.74, 6) is -2.84. The van der Waals surface area contributed by atoms with Crippen molar-refractivity contribution >= 4 is 18.5 Å². The number of ether oxygens (including phenoxy) is 1. The fourth-order valence-electron chi connectivity index (χ4n) is 1.50. The van der Waals surface area contributed by atoms with E-state index in [1.807, 2.05) is 0 Å². The standard InChI is InChI=1S/C8H15NO6S/c10-2-5-7(13)4(11)1-8(14,15-5)9-6(12)3-16/h4-5,7,10-11,13-14,16H,1-3H2,(H,9,12)/t4-,5-,7-,8+/m1/s1. The fourth-order valence-corrected chi connectivity index (χ4v) is 1.58. The van der Waals surface area contributed by atoms with Crippen molar-refractivity contribution in [1.82, 2.24) is 5.32 Å². The lowest BCUT2D eigenvalue weighted by Gasteiger charge is -2.41. The summed E-state index contributed by atoms with van der Waals surface area (Å²) >= 11 is 3.70. The zero-order valence-electron chi connectivity index (χ0n) is 8.41. The van der Waals surface area contributed by atoms with Crippen molar-refractivity contribution in [3.05, 3.63) is 0 Å². The van der Waals surface area contributed by atoms with Crippen LogP contribution in [0.15, 0.2) is 0 Å². The zero-order valence-corrected chi connectivity index (χ0v) is 9.30. The predicted octanol–water partition coefficient (Wildman–Crippen LogP) is -2.82. The van der Waals surface area contributed by atoms with Crippen molar-refractivity contribution in [1.29, 1.82) is 0 Å². The summed E-state index contributed by atoms with van der Waals surface area (Å²) in [4.78, 5) is 11.0. The van der Waals surface area contributed by atoms with Gasteiger partial charge in [-0.3, -0.25) is 4.79 Å². The number of carbonyl (C=O) groups excluding carboxylic acids is 1. The van der Waals surface area contributed by atoms with Crippen molar-refractivity contribution in [3.8, 4) is 0 Å². The van der Waals surface area contributed by atoms with Crippen LogP contribution in [0, 0.1) is 0 Å². The summed E-state index contributed by atoms with van der Waals surface area (Å²) < 4.78 is 4.91. The van der Waals surface area contributed by atoms with E-state index in [9.17, 15) is 20.1 Å². The second-order valence-corrected chi connectivity index (χ2v) is 3.91. The average Bonchev–Trinajstić information content (AvgIpc) is 2.23. The SMILES string of the molecule is O=C(CS)N[C@]1(O)C[C@@H](O)[C@@H](O)[C@@H](CO)O1. The van der Waals surface area contributed by atoms with Gasteiger partial charge in [0.2, 0.25) is 5.91 Å². The normalized spacial score (nSPS) is 39.4. The number of thiol groups is 1. The Morgan fingerprint density at radius 2 is 2.19 bits per heavy atom. The first-order valence-corrected chi connectivity index (χ1v) is 5.34. The monoisotopic (exact) mass is 253 g/mol. The van der Waals surface area contributed by atoms with Gasteiger partial charge in [0.1, 0.15) is 12.2 Å². The van der Waals surface area contributed by atoms with Crippen molar-refractivity contribution in [2.75, 3.05) is 12.4 Å². The minimum atomic E-state index is -2.09. The van der Waals surface area contributed by atoms with E-state index in [-0.39, 0.29) is 12.2 Å². The first-order chi connectivity index (χ1) is 7.41. The van der Waals surface area contributed by atoms with Crippen LogP contribution in [0.4, 0.5) is 0 Å². The van der Waals surface area contributed by atoms with E-state index in [0.29, 0.717) is 0 Å². The van der Waals surface area contributed by atoms with Crippen LogP contribution in [-0.4, -0.2) is 62.9 Å². The van der Waals surface area contributed by atoms with Crippen LogP contribution in [0.25, 0.3) is 0 Å². The maximum absolute atomic E-state index is 11.0. The van der Waals surface area contributed by atoms with Crippen LogP contribution < -0.4 is 5.32 Å². The molecule has 1 amide bonds. The van der Waals surface area contributed by atoms with E-state index in [0.717, 1.165) is 0 Å². The number of rotatable bonds is 3. The Bertz CT molecular complexity index is 265. The fraction of sp³-hybridized carbons (Fsp3) is 0.875. The third kappa shape index (κ3) is 3.06. The zero-order chi connectivity index (χ0) is 12.3. The summed E-state index contributed by atoms with van der Waals surface area (Å²) in [6, 6.07) is 0. The molecule has 0 saturated carbocycles. The number of aliphatic hydroxyl groups excluding tert-OH is 3. The molecule has 4 atom stereocenters. The molecule has 1 aliphatic rings. The second-order valence-electron chi connectivity index (χ2n) is 3.59. The molecule has 0 spiro atoms. The molecule has 0 aliphatic carbocycles. The van der Waals surface area contributed by atoms with Gasteiger partial charge in [0.25, 0.3) is 5.91 Å². The van der Waals surface area contributed by atoms with Gasteiger partial charge in [-0.05, 0) is 0 Å². The van der Waals surface area contributed by atoms with Gasteiger partial charge in [0.15, 0.2) is 0 Å². The molecule has 94 valence electrons. The highest BCUT2D eigenvalue weighted by molar-refractivity contribution is 7.81. The third-order valence-electron chi connectivity index (χ3n) is 2.27. The van der Waals surface area contributed by atoms with Gasteiger partial charge in [-0.1, -0.05) is 0 Å². The molecular weight excluding hydrogens is 238 g/mol. The number of aliphatic hydroxyl groups is 4. The number of hydrogen-bond donors (Lipinski definition) is 6. The quantitative estimate of drug-likeness (QED) is 0.238. The number of hydrogen-bond acceptors (Lipinski definition) is 7. The minimum Gasteiger partial charge on any atom is -0.394 e. The van der Waals surface area contributed by atoms with Gasteiger partial charge >= 0.3 is 0 Å². The Morgan fingerprint density at radius 3 is 2.69 bits per heavy atom. The number of amides is 1. The van der Waals surface area contributed by atoms with E-state index in [2.05, 4.69) is 17.9 Å². The summed E-state index contributed by atoms with van der Waals surface area (Å²) in [6.45, 7) is -0.586. The first-order valence-electron chi connectivity index (χ1n) is 4.71.